The molecular weight excluding hydrogens is 186 g/mol. The van der Waals surface area contributed by atoms with Gasteiger partial charge in [-0.15, -0.1) is 34.8 Å². The summed E-state index contributed by atoms with van der Waals surface area (Å²) in [5.41, 5.74) is 0. The minimum absolute atomic E-state index is 0.0437. The van der Waals surface area contributed by atoms with Crippen LogP contribution in [0.15, 0.2) is 0 Å². The summed E-state index contributed by atoms with van der Waals surface area (Å²) in [5, 5.41) is 6.41. The molecule has 5 heteroatoms. The van der Waals surface area contributed by atoms with Gasteiger partial charge in [-0.25, -0.2) is 0 Å². The second-order valence-corrected chi connectivity index (χ2v) is 2.75. The van der Waals surface area contributed by atoms with E-state index in [4.69, 9.17) is 39.9 Å². The van der Waals surface area contributed by atoms with Crippen molar-refractivity contribution >= 4 is 40.8 Å². The van der Waals surface area contributed by atoms with Gasteiger partial charge >= 0.3 is 5.97 Å². The van der Waals surface area contributed by atoms with Gasteiger partial charge in [-0.1, -0.05) is 0 Å². The van der Waals surface area contributed by atoms with Crippen LogP contribution >= 0.6 is 34.8 Å². The second kappa shape index (κ2) is 4.20. The topological polar surface area (TPSA) is 37.3 Å². The van der Waals surface area contributed by atoms with Crippen molar-refractivity contribution in [2.45, 2.75) is 10.8 Å². The summed E-state index contributed by atoms with van der Waals surface area (Å²) >= 11 is 15.8. The minimum Gasteiger partial charge on any atom is -0.480 e. The number of hydrogen-bond donors (Lipinski definition) is 1. The number of hydrogen-bond acceptors (Lipinski definition) is 1. The highest BCUT2D eigenvalue weighted by atomic mass is 35.5. The minimum atomic E-state index is -1.14. The highest BCUT2D eigenvalue weighted by Gasteiger charge is 2.22. The van der Waals surface area contributed by atoms with Crippen LogP contribution in [-0.4, -0.2) is 27.7 Å². The summed E-state index contributed by atoms with van der Waals surface area (Å²) in [6.45, 7) is 0. The summed E-state index contributed by atoms with van der Waals surface area (Å²) in [6, 6.07) is 0. The Labute approximate surface area is 67.7 Å². The summed E-state index contributed by atoms with van der Waals surface area (Å²) in [6.07, 6.45) is 0. The van der Waals surface area contributed by atoms with Gasteiger partial charge in [0.05, 0.1) is 5.38 Å². The van der Waals surface area contributed by atoms with E-state index in [0.29, 0.717) is 0 Å². The van der Waals surface area contributed by atoms with Crippen molar-refractivity contribution < 1.29 is 9.90 Å². The highest BCUT2D eigenvalue weighted by molar-refractivity contribution is 6.38. The molecule has 0 bridgehead atoms. The van der Waals surface area contributed by atoms with Gasteiger partial charge < -0.3 is 5.11 Å². The molecule has 0 unspecified atom stereocenters. The fourth-order valence-corrected chi connectivity index (χ4v) is 0.699. The monoisotopic (exact) mass is 190 g/mol. The third-order valence-electron chi connectivity index (χ3n) is 0.701. The number of carboxylic acids is 1. The summed E-state index contributed by atoms with van der Waals surface area (Å²) < 4.78 is 0. The Morgan fingerprint density at radius 3 is 2.11 bits per heavy atom. The van der Waals surface area contributed by atoms with Gasteiger partial charge in [0.2, 0.25) is 0 Å². The molecule has 1 N–H and O–H groups in total. The maximum Gasteiger partial charge on any atom is 0.323 e. The highest BCUT2D eigenvalue weighted by Crippen LogP contribution is 2.11. The SMILES string of the molecule is O=C(O)[C@@H](Cl)[C@@H](Cl)CCl. The fourth-order valence-electron chi connectivity index (χ4n) is 0.233. The Balaban J connectivity index is 3.72. The Morgan fingerprint density at radius 1 is 1.56 bits per heavy atom. The molecule has 0 saturated carbocycles. The van der Waals surface area contributed by atoms with E-state index in [1.165, 1.54) is 0 Å². The molecule has 2 nitrogen and oxygen atoms in total. The van der Waals surface area contributed by atoms with Gasteiger partial charge in [-0.05, 0) is 0 Å². The smallest absolute Gasteiger partial charge is 0.323 e. The predicted octanol–water partition coefficient (Wildman–Crippen LogP) is 1.52. The fraction of sp³-hybridized carbons (Fsp3) is 0.750. The maximum atomic E-state index is 10.0. The van der Waals surface area contributed by atoms with Crippen molar-refractivity contribution in [2.24, 2.45) is 0 Å². The molecule has 0 aliphatic carbocycles. The van der Waals surface area contributed by atoms with E-state index in [9.17, 15) is 4.79 Å². The van der Waals surface area contributed by atoms with E-state index in [0.717, 1.165) is 0 Å². The van der Waals surface area contributed by atoms with Crippen molar-refractivity contribution in [1.82, 2.24) is 0 Å². The third-order valence-corrected chi connectivity index (χ3v) is 2.22. The number of carboxylic acid groups (broad SMARTS) is 1. The molecule has 0 aliphatic rings. The molecule has 2 atom stereocenters. The van der Waals surface area contributed by atoms with E-state index < -0.39 is 16.7 Å². The lowest BCUT2D eigenvalue weighted by Gasteiger charge is -2.06. The molecule has 0 aromatic heterocycles. The normalized spacial score (nSPS) is 16.8. The average molecular weight is 191 g/mol. The van der Waals surface area contributed by atoms with Crippen LogP contribution in [-0.2, 0) is 4.79 Å². The Hall–Kier alpha value is 0.340. The van der Waals surface area contributed by atoms with Crippen LogP contribution in [0, 0.1) is 0 Å². The van der Waals surface area contributed by atoms with Crippen molar-refractivity contribution in [3.05, 3.63) is 0 Å². The lowest BCUT2D eigenvalue weighted by Crippen LogP contribution is -2.25. The molecular formula is C4H5Cl3O2. The van der Waals surface area contributed by atoms with Gasteiger partial charge in [0.15, 0.2) is 0 Å². The van der Waals surface area contributed by atoms with Gasteiger partial charge in [0, 0.05) is 5.88 Å². The van der Waals surface area contributed by atoms with E-state index in [1.54, 1.807) is 0 Å². The first-order valence-electron chi connectivity index (χ1n) is 2.16. The molecule has 0 rings (SSSR count). The van der Waals surface area contributed by atoms with E-state index >= 15 is 0 Å². The molecule has 9 heavy (non-hydrogen) atoms. The summed E-state index contributed by atoms with van der Waals surface area (Å²) in [5.74, 6) is -1.10. The molecule has 0 amide bonds. The maximum absolute atomic E-state index is 10.0. The number of rotatable bonds is 3. The Bertz CT molecular complexity index is 106. The van der Waals surface area contributed by atoms with Crippen molar-refractivity contribution in [3.63, 3.8) is 0 Å². The zero-order valence-electron chi connectivity index (χ0n) is 4.35. The molecule has 0 aromatic rings. The van der Waals surface area contributed by atoms with Crippen molar-refractivity contribution in [1.29, 1.82) is 0 Å². The van der Waals surface area contributed by atoms with Crippen LogP contribution in [0.25, 0.3) is 0 Å². The van der Waals surface area contributed by atoms with Crippen LogP contribution in [0.4, 0.5) is 0 Å². The van der Waals surface area contributed by atoms with Crippen molar-refractivity contribution in [3.8, 4) is 0 Å². The summed E-state index contributed by atoms with van der Waals surface area (Å²) in [4.78, 5) is 10.0. The van der Waals surface area contributed by atoms with Gasteiger partial charge in [0.1, 0.15) is 5.38 Å². The van der Waals surface area contributed by atoms with Crippen LogP contribution < -0.4 is 0 Å². The first-order valence-corrected chi connectivity index (χ1v) is 3.57. The number of alkyl halides is 3. The van der Waals surface area contributed by atoms with E-state index in [1.807, 2.05) is 0 Å². The molecule has 0 heterocycles. The lowest BCUT2D eigenvalue weighted by molar-refractivity contribution is -0.136. The molecule has 0 aromatic carbocycles. The molecule has 0 saturated heterocycles. The average Bonchev–Trinajstić information content (AvgIpc) is 1.84. The van der Waals surface area contributed by atoms with Gasteiger partial charge in [-0.3, -0.25) is 4.79 Å². The summed E-state index contributed by atoms with van der Waals surface area (Å²) in [7, 11) is 0. The van der Waals surface area contributed by atoms with E-state index in [-0.39, 0.29) is 5.88 Å². The number of carbonyl (C=O) groups is 1. The lowest BCUT2D eigenvalue weighted by atomic mass is 10.3. The Morgan fingerprint density at radius 2 is 2.00 bits per heavy atom. The predicted molar refractivity (Wildman–Crippen MR) is 37.6 cm³/mol. The zero-order valence-corrected chi connectivity index (χ0v) is 6.62. The van der Waals surface area contributed by atoms with Crippen LogP contribution in [0.5, 0.6) is 0 Å². The quantitative estimate of drug-likeness (QED) is 0.687. The first kappa shape index (κ1) is 9.34. The molecule has 0 spiro atoms. The number of halogens is 3. The largest absolute Gasteiger partial charge is 0.480 e. The van der Waals surface area contributed by atoms with Crippen LogP contribution in [0.3, 0.4) is 0 Å². The van der Waals surface area contributed by atoms with Crippen molar-refractivity contribution in [2.75, 3.05) is 5.88 Å². The molecule has 0 fully saturated rings. The molecule has 0 radical (unpaired) electrons. The van der Waals surface area contributed by atoms with Crippen LogP contribution in [0.2, 0.25) is 0 Å². The first-order chi connectivity index (χ1) is 4.09. The van der Waals surface area contributed by atoms with Gasteiger partial charge in [0.25, 0.3) is 0 Å². The second-order valence-electron chi connectivity index (χ2n) is 1.41. The van der Waals surface area contributed by atoms with Crippen LogP contribution in [0.1, 0.15) is 0 Å². The van der Waals surface area contributed by atoms with Gasteiger partial charge in [-0.2, -0.15) is 0 Å². The zero-order chi connectivity index (χ0) is 7.44. The molecule has 54 valence electrons. The van der Waals surface area contributed by atoms with E-state index in [2.05, 4.69) is 0 Å². The molecule has 0 aliphatic heterocycles. The Kier molecular flexibility index (Phi) is 4.36. The standard InChI is InChI=1S/C4H5Cl3O2/c5-1-2(6)3(7)4(8)9/h2-3H,1H2,(H,8,9)/t2-,3-/m0/s1. The number of aliphatic carboxylic acids is 1. The third kappa shape index (κ3) is 3.14.